The van der Waals surface area contributed by atoms with Crippen molar-refractivity contribution in [1.82, 2.24) is 0 Å². The molecule has 0 aliphatic carbocycles. The van der Waals surface area contributed by atoms with Crippen LogP contribution in [0.3, 0.4) is 0 Å². The van der Waals surface area contributed by atoms with E-state index in [1.807, 2.05) is 182 Å². The molecular weight excluding hydrogens is 913 g/mol. The van der Waals surface area contributed by atoms with Gasteiger partial charge in [0.25, 0.3) is 0 Å². The molecule has 10 atom stereocenters. The molecule has 0 amide bonds. The number of benzene rings is 6. The molecule has 6 aromatic carbocycles. The summed E-state index contributed by atoms with van der Waals surface area (Å²) in [5.41, 5.74) is 5.68. The number of ketones is 2. The van der Waals surface area contributed by atoms with Crippen LogP contribution in [0.1, 0.15) is 46.2 Å². The van der Waals surface area contributed by atoms with Gasteiger partial charge in [0.2, 0.25) is 0 Å². The number of hydrogen-bond acceptors (Lipinski definition) is 12. The zero-order valence-corrected chi connectivity index (χ0v) is 40.8. The van der Waals surface area contributed by atoms with E-state index in [-0.39, 0.29) is 64.0 Å². The van der Waals surface area contributed by atoms with Crippen LogP contribution < -0.4 is 0 Å². The second kappa shape index (κ2) is 27.7. The van der Waals surface area contributed by atoms with Gasteiger partial charge in [0, 0.05) is 27.1 Å². The van der Waals surface area contributed by atoms with E-state index in [1.165, 1.54) is 26.4 Å². The molecule has 2 aliphatic rings. The van der Waals surface area contributed by atoms with E-state index < -0.39 is 61.4 Å². The molecule has 2 aliphatic heterocycles. The molecule has 0 radical (unpaired) electrons. The first-order valence-corrected chi connectivity index (χ1v) is 24.5. The fraction of sp³-hybridized carbons (Fsp3) is 0.333. The molecule has 12 heteroatoms. The van der Waals surface area contributed by atoms with Crippen molar-refractivity contribution in [3.63, 3.8) is 0 Å². The van der Waals surface area contributed by atoms with Crippen molar-refractivity contribution >= 4 is 11.6 Å². The summed E-state index contributed by atoms with van der Waals surface area (Å²) in [6.45, 7) is 1.44. The molecule has 0 spiro atoms. The van der Waals surface area contributed by atoms with E-state index in [4.69, 9.17) is 47.4 Å². The summed E-state index contributed by atoms with van der Waals surface area (Å²) >= 11 is 0. The molecule has 2 heterocycles. The van der Waals surface area contributed by atoms with Gasteiger partial charge in [-0.2, -0.15) is 0 Å². The van der Waals surface area contributed by atoms with Gasteiger partial charge in [0.1, 0.15) is 36.6 Å². The normalized spacial score (nSPS) is 24.2. The highest BCUT2D eigenvalue weighted by Crippen LogP contribution is 2.34. The van der Waals surface area contributed by atoms with Gasteiger partial charge >= 0.3 is 0 Å². The Labute approximate surface area is 422 Å². The molecule has 12 nitrogen and oxygen atoms in total. The standard InChI is InChI=1S/C60H64O12/c1-63-59-57(69-41-47-29-17-7-18-30-47)55(67-39-45-25-13-5-14-26-45)53(65-37-43-21-9-3-10-22-43)51(71-59)35-49(61)33-34-50(62)36-52-54(66-38-44-23-11-4-12-24-44)56(68-40-46-27-15-6-16-28-46)58(60(64-2)72-52)70-42-48-31-19-8-20-32-48/h3-34,51-60H,35-42H2,1-2H3/b34-33-/t51-,52-,53-,54-,55+,56+,57-,58-,59+,60+/m1/s1. The third kappa shape index (κ3) is 15.3. The van der Waals surface area contributed by atoms with E-state index in [9.17, 15) is 9.59 Å². The van der Waals surface area contributed by atoms with Gasteiger partial charge in [-0.1, -0.05) is 182 Å². The molecule has 0 bridgehead atoms. The van der Waals surface area contributed by atoms with Crippen LogP contribution in [-0.2, 0) is 96.6 Å². The van der Waals surface area contributed by atoms with E-state index >= 15 is 0 Å². The second-order valence-electron chi connectivity index (χ2n) is 17.8. The zero-order chi connectivity index (χ0) is 49.7. The number of rotatable bonds is 26. The van der Waals surface area contributed by atoms with Gasteiger partial charge in [-0.15, -0.1) is 0 Å². The van der Waals surface area contributed by atoms with Crippen molar-refractivity contribution in [3.05, 3.63) is 228 Å². The highest BCUT2D eigenvalue weighted by molar-refractivity contribution is 5.99. The fourth-order valence-electron chi connectivity index (χ4n) is 8.92. The van der Waals surface area contributed by atoms with E-state index in [1.54, 1.807) is 0 Å². The van der Waals surface area contributed by atoms with Gasteiger partial charge in [-0.05, 0) is 45.5 Å². The first kappa shape index (κ1) is 52.3. The number of carbonyl (C=O) groups excluding carboxylic acids is 2. The summed E-state index contributed by atoms with van der Waals surface area (Å²) in [7, 11) is 3.07. The highest BCUT2D eigenvalue weighted by atomic mass is 16.7. The third-order valence-electron chi connectivity index (χ3n) is 12.6. The Morgan fingerprint density at radius 2 is 0.569 bits per heavy atom. The molecular formula is C60H64O12. The first-order chi connectivity index (χ1) is 35.4. The van der Waals surface area contributed by atoms with Gasteiger partial charge < -0.3 is 47.4 Å². The minimum absolute atomic E-state index is 0.149. The maximum Gasteiger partial charge on any atom is 0.186 e. The first-order valence-electron chi connectivity index (χ1n) is 24.5. The summed E-state index contributed by atoms with van der Waals surface area (Å²) < 4.78 is 65.0. The van der Waals surface area contributed by atoms with Crippen LogP contribution in [0.4, 0.5) is 0 Å². The SMILES string of the molecule is CO[C@H]1O[C@H](CC(=O)/C=C\C(=O)C[C@H]2O[C@H](OC)[C@H](OCc3ccccc3)[C@@H](OCc3ccccc3)[C@@H]2OCc2ccccc2)[C@@H](OCc2ccccc2)[C@H](OCc2ccccc2)[C@H]1OCc1ccccc1. The largest absolute Gasteiger partial charge is 0.368 e. The molecule has 0 aromatic heterocycles. The van der Waals surface area contributed by atoms with Crippen molar-refractivity contribution in [1.29, 1.82) is 0 Å². The van der Waals surface area contributed by atoms with Crippen molar-refractivity contribution < 1.29 is 57.0 Å². The highest BCUT2D eigenvalue weighted by Gasteiger charge is 2.50. The predicted molar refractivity (Wildman–Crippen MR) is 270 cm³/mol. The lowest BCUT2D eigenvalue weighted by atomic mass is 9.93. The number of ether oxygens (including phenoxy) is 10. The lowest BCUT2D eigenvalue weighted by molar-refractivity contribution is -0.317. The average molecular weight is 977 g/mol. The monoisotopic (exact) mass is 976 g/mol. The van der Waals surface area contributed by atoms with Crippen LogP contribution in [0, 0.1) is 0 Å². The lowest BCUT2D eigenvalue weighted by Crippen LogP contribution is -2.61. The van der Waals surface area contributed by atoms with Crippen LogP contribution in [-0.4, -0.2) is 87.2 Å². The van der Waals surface area contributed by atoms with Gasteiger partial charge in [-0.3, -0.25) is 9.59 Å². The zero-order valence-electron chi connectivity index (χ0n) is 40.8. The summed E-state index contributed by atoms with van der Waals surface area (Å²) in [6.07, 6.45) is -5.79. The lowest BCUT2D eigenvalue weighted by Gasteiger charge is -2.45. The van der Waals surface area contributed by atoms with Crippen LogP contribution in [0.5, 0.6) is 0 Å². The average Bonchev–Trinajstić information content (AvgIpc) is 3.43. The molecule has 0 saturated carbocycles. The van der Waals surface area contributed by atoms with Crippen molar-refractivity contribution in [2.24, 2.45) is 0 Å². The summed E-state index contributed by atoms with van der Waals surface area (Å²) in [5.74, 6) is -0.728. The third-order valence-corrected chi connectivity index (χ3v) is 12.6. The van der Waals surface area contributed by atoms with Crippen LogP contribution in [0.2, 0.25) is 0 Å². The van der Waals surface area contributed by atoms with E-state index in [0.717, 1.165) is 33.4 Å². The Kier molecular flexibility index (Phi) is 20.1. The Balaban J connectivity index is 1.02. The molecule has 2 fully saturated rings. The number of methoxy groups -OCH3 is 2. The maximum absolute atomic E-state index is 14.1. The molecule has 8 rings (SSSR count). The second-order valence-corrected chi connectivity index (χ2v) is 17.8. The molecule has 0 unspecified atom stereocenters. The Morgan fingerprint density at radius 1 is 0.347 bits per heavy atom. The minimum Gasteiger partial charge on any atom is -0.368 e. The molecule has 72 heavy (non-hydrogen) atoms. The Hall–Kier alpha value is -6.00. The molecule has 0 N–H and O–H groups in total. The predicted octanol–water partition coefficient (Wildman–Crippen LogP) is 9.72. The fourth-order valence-corrected chi connectivity index (χ4v) is 8.92. The quantitative estimate of drug-likeness (QED) is 0.0481. The summed E-state index contributed by atoms with van der Waals surface area (Å²) in [5, 5.41) is 0. The van der Waals surface area contributed by atoms with Gasteiger partial charge in [0.05, 0.1) is 51.8 Å². The maximum atomic E-state index is 14.1. The molecule has 2 saturated heterocycles. The van der Waals surface area contributed by atoms with Crippen molar-refractivity contribution in [2.45, 2.75) is 114 Å². The summed E-state index contributed by atoms with van der Waals surface area (Å²) in [4.78, 5) is 28.3. The topological polar surface area (TPSA) is 126 Å². The number of allylic oxidation sites excluding steroid dienone is 2. The number of hydrogen-bond donors (Lipinski definition) is 0. The molecule has 6 aromatic rings. The van der Waals surface area contributed by atoms with Crippen LogP contribution >= 0.6 is 0 Å². The van der Waals surface area contributed by atoms with E-state index in [0.29, 0.717) is 0 Å². The Bertz CT molecular complexity index is 2340. The van der Waals surface area contributed by atoms with Gasteiger partial charge in [0.15, 0.2) is 24.1 Å². The molecule has 376 valence electrons. The summed E-state index contributed by atoms with van der Waals surface area (Å²) in [6, 6.07) is 58.8. The van der Waals surface area contributed by atoms with Crippen LogP contribution in [0.25, 0.3) is 0 Å². The van der Waals surface area contributed by atoms with Crippen LogP contribution in [0.15, 0.2) is 194 Å². The minimum atomic E-state index is -0.919. The Morgan fingerprint density at radius 3 is 0.806 bits per heavy atom. The smallest absolute Gasteiger partial charge is 0.186 e. The number of carbonyl (C=O) groups is 2. The van der Waals surface area contributed by atoms with Crippen molar-refractivity contribution in [2.75, 3.05) is 14.2 Å². The van der Waals surface area contributed by atoms with E-state index in [2.05, 4.69) is 0 Å². The van der Waals surface area contributed by atoms with Gasteiger partial charge in [-0.25, -0.2) is 0 Å². The van der Waals surface area contributed by atoms with Crippen molar-refractivity contribution in [3.8, 4) is 0 Å².